The minimum atomic E-state index is -5.08. The van der Waals surface area contributed by atoms with Crippen molar-refractivity contribution in [2.75, 3.05) is 26.7 Å². The first-order valence-corrected chi connectivity index (χ1v) is 12.8. The quantitative estimate of drug-likeness (QED) is 0.313. The summed E-state index contributed by atoms with van der Waals surface area (Å²) >= 11 is 0. The van der Waals surface area contributed by atoms with E-state index >= 15 is 0 Å². The van der Waals surface area contributed by atoms with Gasteiger partial charge in [0.25, 0.3) is 0 Å². The van der Waals surface area contributed by atoms with Crippen LogP contribution in [0.15, 0.2) is 53.3 Å². The van der Waals surface area contributed by atoms with Crippen LogP contribution in [0.2, 0.25) is 0 Å². The van der Waals surface area contributed by atoms with Gasteiger partial charge in [0.05, 0.1) is 17.8 Å². The Kier molecular flexibility index (Phi) is 11.7. The van der Waals surface area contributed by atoms with Gasteiger partial charge >= 0.3 is 24.3 Å². The number of aliphatic hydroxyl groups is 1. The molecule has 2 aromatic rings. The number of aliphatic hydroxyl groups excluding tert-OH is 1. The second-order valence-electron chi connectivity index (χ2n) is 10.0. The lowest BCUT2D eigenvalue weighted by Crippen LogP contribution is -2.49. The molecule has 0 radical (unpaired) electrons. The van der Waals surface area contributed by atoms with Crippen LogP contribution in [-0.4, -0.2) is 87.4 Å². The average molecular weight is 610 g/mol. The Morgan fingerprint density at radius 3 is 2.05 bits per heavy atom. The first kappa shape index (κ1) is 34.8. The number of benzene rings is 1. The summed E-state index contributed by atoms with van der Waals surface area (Å²) in [6, 6.07) is 10.5. The Morgan fingerprint density at radius 1 is 1.07 bits per heavy atom. The number of halogens is 6. The van der Waals surface area contributed by atoms with Crippen molar-refractivity contribution in [2.45, 2.75) is 62.6 Å². The number of piperidine rings is 1. The van der Waals surface area contributed by atoms with E-state index in [9.17, 15) is 31.4 Å². The minimum absolute atomic E-state index is 0.0231. The molecule has 1 aliphatic carbocycles. The van der Waals surface area contributed by atoms with Gasteiger partial charge < -0.3 is 19.8 Å². The van der Waals surface area contributed by atoms with Gasteiger partial charge in [-0.2, -0.15) is 26.3 Å². The third-order valence-electron chi connectivity index (χ3n) is 7.24. The lowest BCUT2D eigenvalue weighted by molar-refractivity contribution is -0.193. The van der Waals surface area contributed by atoms with Crippen LogP contribution in [0.25, 0.3) is 0 Å². The van der Waals surface area contributed by atoms with Gasteiger partial charge in [0.15, 0.2) is 0 Å². The second-order valence-corrected chi connectivity index (χ2v) is 10.0. The largest absolute Gasteiger partial charge is 0.490 e. The number of hydrogen-bond donors (Lipinski definition) is 3. The molecule has 0 unspecified atom stereocenters. The average Bonchev–Trinajstić information content (AvgIpc) is 3.50. The molecule has 3 N–H and O–H groups in total. The summed E-state index contributed by atoms with van der Waals surface area (Å²) in [5.74, 6) is -5.51. The molecule has 15 heteroatoms. The van der Waals surface area contributed by atoms with Crippen molar-refractivity contribution in [3.05, 3.63) is 65.6 Å². The van der Waals surface area contributed by atoms with E-state index < -0.39 is 30.4 Å². The number of likely N-dealkylation sites (tertiary alicyclic amines) is 1. The van der Waals surface area contributed by atoms with Gasteiger partial charge in [-0.05, 0) is 50.5 Å². The smallest absolute Gasteiger partial charge is 0.475 e. The number of aliphatic carboxylic acids is 2. The molecule has 0 bridgehead atoms. The molecule has 9 nitrogen and oxygen atoms in total. The molecule has 2 heterocycles. The molecule has 1 fully saturated rings. The van der Waals surface area contributed by atoms with Gasteiger partial charge in [-0.15, -0.1) is 0 Å². The van der Waals surface area contributed by atoms with Crippen LogP contribution in [0, 0.1) is 0 Å². The molecule has 0 saturated carbocycles. The van der Waals surface area contributed by atoms with Crippen LogP contribution >= 0.6 is 0 Å². The van der Waals surface area contributed by atoms with Crippen molar-refractivity contribution in [3.63, 3.8) is 0 Å². The maximum Gasteiger partial charge on any atom is 0.490 e. The van der Waals surface area contributed by atoms with Gasteiger partial charge in [-0.3, -0.25) is 9.80 Å². The highest BCUT2D eigenvalue weighted by atomic mass is 19.4. The second kappa shape index (κ2) is 14.2. The van der Waals surface area contributed by atoms with Gasteiger partial charge in [-0.25, -0.2) is 9.59 Å². The molecule has 4 rings (SSSR count). The monoisotopic (exact) mass is 609 g/mol. The molecule has 0 amide bonds. The SMILES string of the molecule is C=C(CC)CN1CCC2(CC1)c1ccccc1[C@@H](N(C)Cc1ccon1)[C@@H]2O.O=C(O)C(F)(F)F.O=C(O)C(F)(F)F. The fraction of sp³-hybridized carbons (Fsp3) is 0.519. The van der Waals surface area contributed by atoms with Crippen molar-refractivity contribution in [1.82, 2.24) is 15.0 Å². The number of carboxylic acids is 2. The summed E-state index contributed by atoms with van der Waals surface area (Å²) in [4.78, 5) is 22.5. The predicted octanol–water partition coefficient (Wildman–Crippen LogP) is 4.79. The molecule has 2 atom stereocenters. The molecule has 2 aliphatic rings. The van der Waals surface area contributed by atoms with Crippen molar-refractivity contribution < 1.29 is 55.8 Å². The molecular formula is C27H33F6N3O6. The topological polar surface area (TPSA) is 127 Å². The Balaban J connectivity index is 0.000000367. The van der Waals surface area contributed by atoms with E-state index in [1.54, 1.807) is 6.26 Å². The summed E-state index contributed by atoms with van der Waals surface area (Å²) in [5.41, 5.74) is 4.60. The highest BCUT2D eigenvalue weighted by Crippen LogP contribution is 2.52. The molecule has 1 aliphatic heterocycles. The van der Waals surface area contributed by atoms with E-state index in [4.69, 9.17) is 24.3 Å². The minimum Gasteiger partial charge on any atom is -0.475 e. The lowest BCUT2D eigenvalue weighted by Gasteiger charge is -2.43. The summed E-state index contributed by atoms with van der Waals surface area (Å²) in [6.45, 7) is 9.97. The van der Waals surface area contributed by atoms with E-state index in [0.29, 0.717) is 6.54 Å². The predicted molar refractivity (Wildman–Crippen MR) is 137 cm³/mol. The van der Waals surface area contributed by atoms with E-state index in [0.717, 1.165) is 44.6 Å². The number of hydrogen-bond acceptors (Lipinski definition) is 7. The molecule has 234 valence electrons. The normalized spacial score (nSPS) is 19.8. The number of aromatic nitrogens is 1. The maximum atomic E-state index is 11.6. The molecule has 42 heavy (non-hydrogen) atoms. The van der Waals surface area contributed by atoms with E-state index in [1.807, 2.05) is 6.07 Å². The number of rotatable bonds is 6. The van der Waals surface area contributed by atoms with Crippen molar-refractivity contribution in [3.8, 4) is 0 Å². The Morgan fingerprint density at radius 2 is 1.60 bits per heavy atom. The molecule has 1 aromatic heterocycles. The third kappa shape index (κ3) is 8.79. The Bertz CT molecular complexity index is 1170. The highest BCUT2D eigenvalue weighted by molar-refractivity contribution is 5.73. The molecule has 1 saturated heterocycles. The first-order chi connectivity index (χ1) is 19.4. The van der Waals surface area contributed by atoms with Crippen molar-refractivity contribution in [2.24, 2.45) is 0 Å². The van der Waals surface area contributed by atoms with Crippen LogP contribution in [0.3, 0.4) is 0 Å². The van der Waals surface area contributed by atoms with Crippen LogP contribution in [-0.2, 0) is 21.5 Å². The van der Waals surface area contributed by atoms with Crippen LogP contribution in [0.4, 0.5) is 26.3 Å². The molecule has 1 aromatic carbocycles. The van der Waals surface area contributed by atoms with E-state index in [-0.39, 0.29) is 11.5 Å². The number of likely N-dealkylation sites (N-methyl/N-ethyl adjacent to an activating group) is 1. The number of fused-ring (bicyclic) bond motifs is 2. The Hall–Kier alpha value is -3.43. The maximum absolute atomic E-state index is 11.6. The van der Waals surface area contributed by atoms with Crippen molar-refractivity contribution in [1.29, 1.82) is 0 Å². The Labute approximate surface area is 238 Å². The fourth-order valence-corrected chi connectivity index (χ4v) is 5.09. The molecular weight excluding hydrogens is 576 g/mol. The van der Waals surface area contributed by atoms with Crippen LogP contribution in [0.5, 0.6) is 0 Å². The van der Waals surface area contributed by atoms with Crippen molar-refractivity contribution >= 4 is 11.9 Å². The van der Waals surface area contributed by atoms with Gasteiger partial charge in [-0.1, -0.05) is 48.5 Å². The summed E-state index contributed by atoms with van der Waals surface area (Å²) in [7, 11) is 2.07. The zero-order chi connectivity index (χ0) is 31.9. The van der Waals surface area contributed by atoms with Crippen LogP contribution in [0.1, 0.15) is 49.0 Å². The first-order valence-electron chi connectivity index (χ1n) is 12.8. The number of alkyl halides is 6. The molecule has 1 spiro atoms. The summed E-state index contributed by atoms with van der Waals surface area (Å²) < 4.78 is 68.5. The van der Waals surface area contributed by atoms with Crippen LogP contribution < -0.4 is 0 Å². The zero-order valence-electron chi connectivity index (χ0n) is 23.0. The lowest BCUT2D eigenvalue weighted by atomic mass is 9.72. The standard InChI is InChI=1S/C23H31N3O2.2C2HF3O2/c1-4-17(2)15-26-12-10-23(11-13-26)20-8-6-5-7-19(20)21(22(23)27)25(3)16-18-9-14-28-24-18;2*3-2(4,5)1(6)7/h5-9,14,21-22,27H,2,4,10-13,15-16H2,1,3H3;2*(H,6,7)/t21-,22+;;/m1../s1. The summed E-state index contributed by atoms with van der Waals surface area (Å²) in [5, 5.41) is 29.9. The number of carbonyl (C=O) groups is 2. The fourth-order valence-electron chi connectivity index (χ4n) is 5.09. The highest BCUT2D eigenvalue weighted by Gasteiger charge is 2.53. The summed E-state index contributed by atoms with van der Waals surface area (Å²) in [6.07, 6.45) is -5.99. The van der Waals surface area contributed by atoms with E-state index in [2.05, 4.69) is 59.8 Å². The van der Waals surface area contributed by atoms with Gasteiger partial charge in [0.2, 0.25) is 0 Å². The number of nitrogens with zero attached hydrogens (tertiary/aromatic N) is 3. The zero-order valence-corrected chi connectivity index (χ0v) is 23.0. The van der Waals surface area contributed by atoms with Gasteiger partial charge in [0.1, 0.15) is 6.26 Å². The third-order valence-corrected chi connectivity index (χ3v) is 7.24. The number of carboxylic acid groups (broad SMARTS) is 2. The van der Waals surface area contributed by atoms with E-state index in [1.165, 1.54) is 16.7 Å². The van der Waals surface area contributed by atoms with Gasteiger partial charge in [0, 0.05) is 24.6 Å².